The summed E-state index contributed by atoms with van der Waals surface area (Å²) in [6, 6.07) is 12.8. The molecular weight excluding hydrogens is 472 g/mol. The minimum atomic E-state index is -0.406. The molecule has 34 heavy (non-hydrogen) atoms. The van der Waals surface area contributed by atoms with E-state index in [1.165, 1.54) is 11.8 Å². The van der Waals surface area contributed by atoms with Crippen molar-refractivity contribution in [1.82, 2.24) is 4.90 Å². The third-order valence-corrected chi connectivity index (χ3v) is 7.04. The van der Waals surface area contributed by atoms with Crippen LogP contribution in [0.4, 0.5) is 5.69 Å². The van der Waals surface area contributed by atoms with Gasteiger partial charge in [0.15, 0.2) is 5.76 Å². The van der Waals surface area contributed by atoms with Crippen LogP contribution in [-0.4, -0.2) is 50.2 Å². The smallest absolute Gasteiger partial charge is 0.294 e. The number of methoxy groups -OCH3 is 1. The lowest BCUT2D eigenvalue weighted by molar-refractivity contribution is -0.117. The Balaban J connectivity index is 1.73. The molecule has 178 valence electrons. The van der Waals surface area contributed by atoms with Crippen molar-refractivity contribution in [2.24, 2.45) is 0 Å². The normalized spacial score (nSPS) is 16.1. The fourth-order valence-corrected chi connectivity index (χ4v) is 5.00. The first kappa shape index (κ1) is 24.3. The number of carbonyl (C=O) groups is 1. The number of hydrogen-bond acceptors (Lipinski definition) is 6. The third kappa shape index (κ3) is 5.43. The molecule has 0 atom stereocenters. The predicted octanol–water partition coefficient (Wildman–Crippen LogP) is 6.15. The average molecular weight is 499 g/mol. The first-order valence-corrected chi connectivity index (χ1v) is 12.1. The van der Waals surface area contributed by atoms with Crippen molar-refractivity contribution in [2.45, 2.75) is 17.7 Å². The minimum absolute atomic E-state index is 0.236. The Morgan fingerprint density at radius 3 is 2.47 bits per heavy atom. The summed E-state index contributed by atoms with van der Waals surface area (Å²) in [6.45, 7) is 1.10. The van der Waals surface area contributed by atoms with Crippen molar-refractivity contribution in [1.29, 1.82) is 0 Å². The molecule has 2 aromatic carbocycles. The fourth-order valence-electron chi connectivity index (χ4n) is 3.71. The number of benzene rings is 2. The number of aliphatic hydroxyl groups is 1. The van der Waals surface area contributed by atoms with Gasteiger partial charge in [-0.25, -0.2) is 0 Å². The summed E-state index contributed by atoms with van der Waals surface area (Å²) in [7, 11) is 5.55. The molecule has 1 N–H and O–H groups in total. The number of allylic oxidation sites excluding steroid dienone is 4. The second kappa shape index (κ2) is 10.6. The number of hydrogen-bond donors (Lipinski definition) is 1. The topological polar surface area (TPSA) is 62.2 Å². The molecule has 8 heteroatoms. The summed E-state index contributed by atoms with van der Waals surface area (Å²) >= 11 is 7.37. The van der Waals surface area contributed by atoms with E-state index in [1.54, 1.807) is 36.3 Å². The lowest BCUT2D eigenvalue weighted by Gasteiger charge is -2.24. The highest BCUT2D eigenvalue weighted by atomic mass is 35.5. The van der Waals surface area contributed by atoms with Crippen LogP contribution in [0.25, 0.3) is 0 Å². The zero-order valence-electron chi connectivity index (χ0n) is 19.4. The van der Waals surface area contributed by atoms with Crippen LogP contribution < -0.4 is 9.64 Å². The molecule has 0 fully saturated rings. The summed E-state index contributed by atoms with van der Waals surface area (Å²) in [5.74, 6) is 1.53. The van der Waals surface area contributed by atoms with Gasteiger partial charge in [-0.2, -0.15) is 0 Å². The van der Waals surface area contributed by atoms with E-state index in [0.29, 0.717) is 47.4 Å². The first-order valence-electron chi connectivity index (χ1n) is 10.9. The van der Waals surface area contributed by atoms with Crippen molar-refractivity contribution in [3.63, 3.8) is 0 Å². The predicted molar refractivity (Wildman–Crippen MR) is 137 cm³/mol. The Morgan fingerprint density at radius 1 is 1.09 bits per heavy atom. The van der Waals surface area contributed by atoms with E-state index in [-0.39, 0.29) is 5.76 Å². The van der Waals surface area contributed by atoms with E-state index in [0.717, 1.165) is 21.9 Å². The molecule has 6 nitrogen and oxygen atoms in total. The number of aliphatic hydroxyl groups excluding tert-OH is 1. The van der Waals surface area contributed by atoms with Crippen LogP contribution in [0.1, 0.15) is 12.8 Å². The molecule has 0 bridgehead atoms. The maximum atomic E-state index is 13.4. The highest BCUT2D eigenvalue weighted by Crippen LogP contribution is 2.46. The van der Waals surface area contributed by atoms with Gasteiger partial charge in [0.05, 0.1) is 23.5 Å². The molecule has 2 aromatic rings. The summed E-state index contributed by atoms with van der Waals surface area (Å²) in [4.78, 5) is 18.4. The molecule has 0 radical (unpaired) electrons. The average Bonchev–Trinajstić information content (AvgIpc) is 2.93. The molecule has 0 aromatic heterocycles. The van der Waals surface area contributed by atoms with Crippen LogP contribution in [0.15, 0.2) is 81.5 Å². The standard InChI is InChI=1S/C26H27ClN2O4S/c1-28(2)14-15-29-22-13-12-21(33-20-10-6-18(27)7-11-20)16-23(22)34-25(24(30)26(29)31)17-4-8-19(32-3)9-5-17/h4,6-8,10-13,16,30H,5,9,14-15H2,1-3H3. The van der Waals surface area contributed by atoms with Crippen LogP contribution >= 0.6 is 23.4 Å². The van der Waals surface area contributed by atoms with E-state index in [2.05, 4.69) is 0 Å². The van der Waals surface area contributed by atoms with E-state index < -0.39 is 5.91 Å². The molecule has 4 rings (SSSR count). The zero-order valence-corrected chi connectivity index (χ0v) is 20.9. The quantitative estimate of drug-likeness (QED) is 0.493. The number of thioether (sulfide) groups is 1. The number of nitrogens with zero attached hydrogens (tertiary/aromatic N) is 2. The van der Waals surface area contributed by atoms with Gasteiger partial charge >= 0.3 is 0 Å². The van der Waals surface area contributed by atoms with E-state index in [4.69, 9.17) is 21.1 Å². The molecular formula is C26H27ClN2O4S. The Kier molecular flexibility index (Phi) is 7.56. The van der Waals surface area contributed by atoms with Gasteiger partial charge in [-0.3, -0.25) is 4.79 Å². The summed E-state index contributed by atoms with van der Waals surface area (Å²) in [6.07, 6.45) is 5.19. The molecule has 1 amide bonds. The van der Waals surface area contributed by atoms with Crippen LogP contribution in [0, 0.1) is 0 Å². The van der Waals surface area contributed by atoms with E-state index in [9.17, 15) is 9.90 Å². The number of halogens is 1. The number of carbonyl (C=O) groups excluding carboxylic acids is 1. The Morgan fingerprint density at radius 2 is 1.82 bits per heavy atom. The number of likely N-dealkylation sites (N-methyl/N-ethyl adjacent to an activating group) is 1. The Bertz CT molecular complexity index is 1170. The van der Waals surface area contributed by atoms with Crippen molar-refractivity contribution >= 4 is 35.0 Å². The van der Waals surface area contributed by atoms with E-state index in [1.807, 2.05) is 49.3 Å². The van der Waals surface area contributed by atoms with Gasteiger partial charge in [0, 0.05) is 29.4 Å². The first-order chi connectivity index (χ1) is 16.4. The van der Waals surface area contributed by atoms with Crippen molar-refractivity contribution in [3.8, 4) is 11.5 Å². The van der Waals surface area contributed by atoms with Gasteiger partial charge in [-0.15, -0.1) is 0 Å². The van der Waals surface area contributed by atoms with Crippen LogP contribution in [-0.2, 0) is 9.53 Å². The molecule has 0 saturated heterocycles. The number of rotatable bonds is 7. The van der Waals surface area contributed by atoms with Gasteiger partial charge in [-0.1, -0.05) is 29.4 Å². The molecule has 1 aliphatic heterocycles. The van der Waals surface area contributed by atoms with E-state index >= 15 is 0 Å². The number of anilines is 1. The molecule has 1 heterocycles. The van der Waals surface area contributed by atoms with Crippen molar-refractivity contribution in [3.05, 3.63) is 81.6 Å². The summed E-state index contributed by atoms with van der Waals surface area (Å²) in [5.41, 5.74) is 1.65. The Hall–Kier alpha value is -2.87. The maximum Gasteiger partial charge on any atom is 0.294 e. The van der Waals surface area contributed by atoms with Crippen LogP contribution in [0.5, 0.6) is 11.5 Å². The minimum Gasteiger partial charge on any atom is -0.502 e. The molecule has 0 unspecified atom stereocenters. The molecule has 2 aliphatic rings. The molecule has 1 aliphatic carbocycles. The van der Waals surface area contributed by atoms with Gasteiger partial charge < -0.3 is 24.4 Å². The van der Waals surface area contributed by atoms with Gasteiger partial charge in [0.25, 0.3) is 5.91 Å². The van der Waals surface area contributed by atoms with Gasteiger partial charge in [-0.05, 0) is 74.6 Å². The van der Waals surface area contributed by atoms with Gasteiger partial charge in [0.1, 0.15) is 11.5 Å². The molecule has 0 spiro atoms. The van der Waals surface area contributed by atoms with Gasteiger partial charge in [0.2, 0.25) is 0 Å². The zero-order chi connectivity index (χ0) is 24.2. The lowest BCUT2D eigenvalue weighted by Crippen LogP contribution is -2.37. The number of fused-ring (bicyclic) bond motifs is 1. The van der Waals surface area contributed by atoms with Crippen LogP contribution in [0.3, 0.4) is 0 Å². The largest absolute Gasteiger partial charge is 0.502 e. The molecule has 0 saturated carbocycles. The van der Waals surface area contributed by atoms with Crippen molar-refractivity contribution < 1.29 is 19.4 Å². The summed E-state index contributed by atoms with van der Waals surface area (Å²) < 4.78 is 11.4. The summed E-state index contributed by atoms with van der Waals surface area (Å²) in [5, 5.41) is 11.7. The lowest BCUT2D eigenvalue weighted by atomic mass is 10.0. The second-order valence-corrected chi connectivity index (χ2v) is 9.74. The Labute approximate surface area is 209 Å². The maximum absolute atomic E-state index is 13.4. The van der Waals surface area contributed by atoms with Crippen LogP contribution in [0.2, 0.25) is 5.02 Å². The monoisotopic (exact) mass is 498 g/mol. The fraction of sp³-hybridized carbons (Fsp3) is 0.269. The third-order valence-electron chi connectivity index (χ3n) is 5.58. The highest BCUT2D eigenvalue weighted by molar-refractivity contribution is 8.03. The SMILES string of the molecule is COC1=CC=C(C2=C(O)C(=O)N(CCN(C)C)c3ccc(Oc4ccc(Cl)cc4)cc3S2)CC1. The number of ether oxygens (including phenoxy) is 2. The second-order valence-electron chi connectivity index (χ2n) is 8.25. The number of amides is 1. The van der Waals surface area contributed by atoms with Crippen molar-refractivity contribution in [2.75, 3.05) is 39.2 Å². The highest BCUT2D eigenvalue weighted by Gasteiger charge is 2.31.